The zero-order chi connectivity index (χ0) is 25.7. The number of aliphatic hydroxyl groups is 2. The Labute approximate surface area is 213 Å². The first kappa shape index (κ1) is 32.5. The predicted octanol–water partition coefficient (Wildman–Crippen LogP) is 3.52. The number of aliphatic hydroxyl groups excluding tert-OH is 2. The van der Waals surface area contributed by atoms with Crippen LogP contribution in [0, 0.1) is 11.8 Å². The number of rotatable bonds is 6. The predicted molar refractivity (Wildman–Crippen MR) is 138 cm³/mol. The Bertz CT molecular complexity index is 772. The van der Waals surface area contributed by atoms with Crippen LogP contribution < -0.4 is 11.5 Å². The molecule has 2 saturated carbocycles. The van der Waals surface area contributed by atoms with Crippen LogP contribution in [0.4, 0.5) is 0 Å². The Hall–Kier alpha value is -2.49. The van der Waals surface area contributed by atoms with Crippen LogP contribution in [0.2, 0.25) is 0 Å². The van der Waals surface area contributed by atoms with Crippen LogP contribution in [-0.2, 0) is 9.59 Å². The molecule has 0 saturated heterocycles. The highest BCUT2D eigenvalue weighted by Crippen LogP contribution is 2.31. The molecule has 0 unspecified atom stereocenters. The molecule has 35 heavy (non-hydrogen) atoms. The number of aliphatic carboxylic acids is 2. The molecule has 2 aliphatic rings. The van der Waals surface area contributed by atoms with E-state index in [1.807, 2.05) is 0 Å². The molecular formula is C26H39ClN2O6. The lowest BCUT2D eigenvalue weighted by molar-refractivity contribution is -0.147. The molecule has 0 spiro atoms. The van der Waals surface area contributed by atoms with Gasteiger partial charge in [-0.3, -0.25) is 0 Å². The van der Waals surface area contributed by atoms with Crippen LogP contribution in [0.3, 0.4) is 0 Å². The molecule has 8 N–H and O–H groups in total. The zero-order valence-electron chi connectivity index (χ0n) is 20.2. The van der Waals surface area contributed by atoms with Gasteiger partial charge >= 0.3 is 11.9 Å². The lowest BCUT2D eigenvalue weighted by atomic mass is 10.1. The van der Waals surface area contributed by atoms with E-state index in [-0.39, 0.29) is 12.4 Å². The molecule has 0 bridgehead atoms. The maximum absolute atomic E-state index is 10.2. The van der Waals surface area contributed by atoms with Crippen molar-refractivity contribution in [1.82, 2.24) is 0 Å². The summed E-state index contributed by atoms with van der Waals surface area (Å²) >= 11 is 0. The van der Waals surface area contributed by atoms with Gasteiger partial charge in [0.05, 0.1) is 0 Å². The summed E-state index contributed by atoms with van der Waals surface area (Å²) in [6.45, 7) is 4.16. The number of hydrogen-bond acceptors (Lipinski definition) is 6. The van der Waals surface area contributed by atoms with E-state index < -0.39 is 24.1 Å². The van der Waals surface area contributed by atoms with Crippen molar-refractivity contribution < 1.29 is 30.0 Å². The summed E-state index contributed by atoms with van der Waals surface area (Å²) in [5.41, 5.74) is 11.8. The van der Waals surface area contributed by atoms with E-state index in [1.54, 1.807) is 60.7 Å². The molecule has 2 aromatic rings. The number of carboxylic acid groups (broad SMARTS) is 2. The lowest BCUT2D eigenvalue weighted by Gasteiger charge is -2.03. The first-order chi connectivity index (χ1) is 16.0. The topological polar surface area (TPSA) is 167 Å². The SMILES string of the molecule is C[C@H](N)C1CC1.C[C@H](N)C1CC1.Cl.O=C(O)[C@H](O)c1ccccc1.O=C(O)[C@H](O)c1ccccc1. The van der Waals surface area contributed by atoms with E-state index in [0.717, 1.165) is 11.8 Å². The van der Waals surface area contributed by atoms with E-state index in [2.05, 4.69) is 13.8 Å². The van der Waals surface area contributed by atoms with E-state index in [4.69, 9.17) is 31.9 Å². The molecule has 4 rings (SSSR count). The second-order valence-corrected chi connectivity index (χ2v) is 8.70. The van der Waals surface area contributed by atoms with E-state index in [1.165, 1.54) is 25.7 Å². The minimum Gasteiger partial charge on any atom is -0.479 e. The molecule has 0 aliphatic heterocycles. The van der Waals surface area contributed by atoms with Crippen molar-refractivity contribution in [3.05, 3.63) is 71.8 Å². The highest BCUT2D eigenvalue weighted by atomic mass is 35.5. The molecule has 0 aromatic heterocycles. The quantitative estimate of drug-likeness (QED) is 0.343. The fourth-order valence-corrected chi connectivity index (χ4v) is 2.80. The molecule has 2 fully saturated rings. The summed E-state index contributed by atoms with van der Waals surface area (Å²) in [6.07, 6.45) is 2.68. The molecular weight excluding hydrogens is 472 g/mol. The van der Waals surface area contributed by atoms with Crippen LogP contribution in [0.1, 0.15) is 62.9 Å². The van der Waals surface area contributed by atoms with Crippen molar-refractivity contribution in [2.75, 3.05) is 0 Å². The van der Waals surface area contributed by atoms with Gasteiger partial charge in [-0.25, -0.2) is 9.59 Å². The van der Waals surface area contributed by atoms with Crippen LogP contribution in [0.5, 0.6) is 0 Å². The van der Waals surface area contributed by atoms with Gasteiger partial charge in [0, 0.05) is 12.1 Å². The van der Waals surface area contributed by atoms with Crippen LogP contribution in [-0.4, -0.2) is 44.4 Å². The monoisotopic (exact) mass is 510 g/mol. The molecule has 0 amide bonds. The average Bonchev–Trinajstić information content (AvgIpc) is 3.72. The number of halogens is 1. The molecule has 2 aliphatic carbocycles. The fourth-order valence-electron chi connectivity index (χ4n) is 2.80. The first-order valence-electron chi connectivity index (χ1n) is 11.5. The highest BCUT2D eigenvalue weighted by molar-refractivity contribution is 5.85. The van der Waals surface area contributed by atoms with E-state index >= 15 is 0 Å². The largest absolute Gasteiger partial charge is 0.479 e. The Morgan fingerprint density at radius 3 is 1.09 bits per heavy atom. The van der Waals surface area contributed by atoms with Gasteiger partial charge in [0.1, 0.15) is 0 Å². The second kappa shape index (κ2) is 17.0. The zero-order valence-corrected chi connectivity index (χ0v) is 21.1. The van der Waals surface area contributed by atoms with Gasteiger partial charge < -0.3 is 31.9 Å². The van der Waals surface area contributed by atoms with Gasteiger partial charge in [0.2, 0.25) is 0 Å². The van der Waals surface area contributed by atoms with Gasteiger partial charge in [0.15, 0.2) is 12.2 Å². The van der Waals surface area contributed by atoms with Crippen molar-refractivity contribution in [2.45, 2.75) is 63.8 Å². The van der Waals surface area contributed by atoms with Crippen molar-refractivity contribution in [1.29, 1.82) is 0 Å². The van der Waals surface area contributed by atoms with Crippen LogP contribution >= 0.6 is 12.4 Å². The van der Waals surface area contributed by atoms with Crippen LogP contribution in [0.25, 0.3) is 0 Å². The molecule has 9 heteroatoms. The van der Waals surface area contributed by atoms with Crippen molar-refractivity contribution in [3.63, 3.8) is 0 Å². The summed E-state index contributed by atoms with van der Waals surface area (Å²) in [5.74, 6) is -0.692. The van der Waals surface area contributed by atoms with Gasteiger partial charge in [-0.05, 0) is 62.5 Å². The minimum atomic E-state index is -1.41. The molecule has 2 aromatic carbocycles. The maximum atomic E-state index is 10.2. The standard InChI is InChI=1S/2C8H8O3.2C5H11N.ClH/c2*9-7(8(10)11)6-4-2-1-3-5-6;2*1-4(6)5-2-3-5;/h2*1-5,7,9H,(H,10,11);2*4-5H,2-3,6H2,1H3;1H/t2*7-;2*4-;/m1100./s1. The van der Waals surface area contributed by atoms with Gasteiger partial charge in [-0.2, -0.15) is 0 Å². The third-order valence-electron chi connectivity index (χ3n) is 5.43. The average molecular weight is 511 g/mol. The first-order valence-corrected chi connectivity index (χ1v) is 11.5. The summed E-state index contributed by atoms with van der Waals surface area (Å²) < 4.78 is 0. The molecule has 4 atom stereocenters. The Kier molecular flexibility index (Phi) is 15.8. The number of benzene rings is 2. The Morgan fingerprint density at radius 1 is 0.686 bits per heavy atom. The third kappa shape index (κ3) is 14.5. The number of hydrogen-bond donors (Lipinski definition) is 6. The van der Waals surface area contributed by atoms with Gasteiger partial charge in [-0.1, -0.05) is 60.7 Å². The fraction of sp³-hybridized carbons (Fsp3) is 0.462. The Morgan fingerprint density at radius 2 is 0.943 bits per heavy atom. The number of carbonyl (C=O) groups is 2. The maximum Gasteiger partial charge on any atom is 0.337 e. The smallest absolute Gasteiger partial charge is 0.337 e. The summed E-state index contributed by atoms with van der Waals surface area (Å²) in [7, 11) is 0. The second-order valence-electron chi connectivity index (χ2n) is 8.70. The van der Waals surface area contributed by atoms with Crippen LogP contribution in [0.15, 0.2) is 60.7 Å². The summed E-state index contributed by atoms with van der Waals surface area (Å²) in [4.78, 5) is 20.5. The Balaban J connectivity index is 0.000000452. The molecule has 0 radical (unpaired) electrons. The lowest BCUT2D eigenvalue weighted by Crippen LogP contribution is -2.16. The van der Waals surface area contributed by atoms with E-state index in [9.17, 15) is 9.59 Å². The number of nitrogens with two attached hydrogens (primary N) is 2. The molecule has 196 valence electrons. The normalized spacial score (nSPS) is 17.1. The number of carboxylic acids is 2. The van der Waals surface area contributed by atoms with Crippen molar-refractivity contribution >= 4 is 24.3 Å². The van der Waals surface area contributed by atoms with Crippen molar-refractivity contribution in [3.8, 4) is 0 Å². The van der Waals surface area contributed by atoms with Gasteiger partial charge in [-0.15, -0.1) is 12.4 Å². The highest BCUT2D eigenvalue weighted by Gasteiger charge is 2.25. The molecule has 8 nitrogen and oxygen atoms in total. The van der Waals surface area contributed by atoms with E-state index in [0.29, 0.717) is 23.2 Å². The summed E-state index contributed by atoms with van der Waals surface area (Å²) in [6, 6.07) is 17.5. The minimum absolute atomic E-state index is 0. The van der Waals surface area contributed by atoms with Gasteiger partial charge in [0.25, 0.3) is 0 Å². The summed E-state index contributed by atoms with van der Waals surface area (Å²) in [5, 5.41) is 34.8. The third-order valence-corrected chi connectivity index (χ3v) is 5.43. The molecule has 0 heterocycles. The van der Waals surface area contributed by atoms with Crippen molar-refractivity contribution in [2.24, 2.45) is 23.3 Å².